The molecule has 2 amide bonds. The molecular weight excluding hydrogens is 304 g/mol. The Kier molecular flexibility index (Phi) is 4.69. The van der Waals surface area contributed by atoms with Crippen LogP contribution in [0.4, 0.5) is 0 Å². The van der Waals surface area contributed by atoms with Crippen LogP contribution in [0.15, 0.2) is 42.6 Å². The summed E-state index contributed by atoms with van der Waals surface area (Å²) in [6.07, 6.45) is 3.67. The monoisotopic (exact) mass is 326 g/mol. The zero-order valence-corrected chi connectivity index (χ0v) is 14.0. The van der Waals surface area contributed by atoms with Gasteiger partial charge in [-0.05, 0) is 37.5 Å². The average molecular weight is 326 g/mol. The first kappa shape index (κ1) is 16.3. The van der Waals surface area contributed by atoms with E-state index in [-0.39, 0.29) is 18.4 Å². The van der Waals surface area contributed by atoms with Crippen molar-refractivity contribution in [2.24, 2.45) is 0 Å². The fourth-order valence-electron chi connectivity index (χ4n) is 3.24. The van der Waals surface area contributed by atoms with Crippen LogP contribution in [-0.4, -0.2) is 47.9 Å². The Morgan fingerprint density at radius 3 is 2.38 bits per heavy atom. The van der Waals surface area contributed by atoms with Crippen LogP contribution in [0.25, 0.3) is 5.57 Å². The van der Waals surface area contributed by atoms with Gasteiger partial charge in [-0.1, -0.05) is 18.2 Å². The number of rotatable bonds is 6. The molecule has 5 heteroatoms. The standard InChI is InChI=1S/C19H22N2O3/c1-3-11-21-18(22)16(14-7-9-15(10-8-14)24-4-2)17(19(21)23)20-12-5-6-13-20/h3,7-10H,1,4-6,11-13H2,2H3. The minimum Gasteiger partial charge on any atom is -0.494 e. The zero-order chi connectivity index (χ0) is 17.1. The lowest BCUT2D eigenvalue weighted by Crippen LogP contribution is -2.34. The molecule has 24 heavy (non-hydrogen) atoms. The predicted molar refractivity (Wildman–Crippen MR) is 92.3 cm³/mol. The van der Waals surface area contributed by atoms with Gasteiger partial charge in [0.25, 0.3) is 11.8 Å². The quantitative estimate of drug-likeness (QED) is 0.595. The predicted octanol–water partition coefficient (Wildman–Crippen LogP) is 2.45. The third-order valence-corrected chi connectivity index (χ3v) is 4.33. The van der Waals surface area contributed by atoms with Crippen molar-refractivity contribution < 1.29 is 14.3 Å². The molecule has 0 bridgehead atoms. The number of ether oxygens (including phenoxy) is 1. The number of carbonyl (C=O) groups is 2. The number of hydrogen-bond acceptors (Lipinski definition) is 4. The SMILES string of the molecule is C=CCN1C(=O)C(c2ccc(OCC)cc2)=C(N2CCCC2)C1=O. The molecule has 1 aromatic carbocycles. The van der Waals surface area contributed by atoms with Gasteiger partial charge in [0, 0.05) is 19.6 Å². The van der Waals surface area contributed by atoms with Gasteiger partial charge in [0.2, 0.25) is 0 Å². The molecule has 3 rings (SSSR count). The minimum atomic E-state index is -0.244. The van der Waals surface area contributed by atoms with E-state index in [1.807, 2.05) is 36.1 Å². The van der Waals surface area contributed by atoms with Crippen molar-refractivity contribution in [2.45, 2.75) is 19.8 Å². The summed E-state index contributed by atoms with van der Waals surface area (Å²) in [5, 5.41) is 0. The largest absolute Gasteiger partial charge is 0.494 e. The van der Waals surface area contributed by atoms with Crippen LogP contribution in [-0.2, 0) is 9.59 Å². The zero-order valence-electron chi connectivity index (χ0n) is 14.0. The number of benzene rings is 1. The van der Waals surface area contributed by atoms with Crippen LogP contribution in [0.3, 0.4) is 0 Å². The maximum atomic E-state index is 12.8. The highest BCUT2D eigenvalue weighted by Gasteiger charge is 2.41. The molecule has 2 heterocycles. The summed E-state index contributed by atoms with van der Waals surface area (Å²) in [6, 6.07) is 7.36. The van der Waals surface area contributed by atoms with Crippen molar-refractivity contribution in [3.8, 4) is 5.75 Å². The fraction of sp³-hybridized carbons (Fsp3) is 0.368. The molecule has 1 aromatic rings. The molecule has 0 radical (unpaired) electrons. The summed E-state index contributed by atoms with van der Waals surface area (Å²) < 4.78 is 5.46. The summed E-state index contributed by atoms with van der Waals surface area (Å²) in [4.78, 5) is 28.9. The first-order valence-corrected chi connectivity index (χ1v) is 8.37. The molecular formula is C19H22N2O3. The molecule has 0 saturated carbocycles. The number of likely N-dealkylation sites (tertiary alicyclic amines) is 1. The number of nitrogens with zero attached hydrogens (tertiary/aromatic N) is 2. The van der Waals surface area contributed by atoms with Crippen LogP contribution in [0.2, 0.25) is 0 Å². The van der Waals surface area contributed by atoms with Crippen LogP contribution in [0.5, 0.6) is 5.75 Å². The lowest BCUT2D eigenvalue weighted by Gasteiger charge is -2.19. The van der Waals surface area contributed by atoms with Gasteiger partial charge in [-0.15, -0.1) is 6.58 Å². The molecule has 1 fully saturated rings. The normalized spacial score (nSPS) is 17.9. The second kappa shape index (κ2) is 6.91. The molecule has 1 saturated heterocycles. The van der Waals surface area contributed by atoms with Crippen LogP contribution in [0.1, 0.15) is 25.3 Å². The summed E-state index contributed by atoms with van der Waals surface area (Å²) in [5.74, 6) is 0.293. The third-order valence-electron chi connectivity index (χ3n) is 4.33. The maximum Gasteiger partial charge on any atom is 0.278 e. The summed E-state index contributed by atoms with van der Waals surface area (Å²) in [6.45, 7) is 8.03. The van der Waals surface area contributed by atoms with Gasteiger partial charge in [0.05, 0.1) is 12.2 Å². The van der Waals surface area contributed by atoms with E-state index >= 15 is 0 Å². The minimum absolute atomic E-state index is 0.217. The van der Waals surface area contributed by atoms with Crippen molar-refractivity contribution >= 4 is 17.4 Å². The van der Waals surface area contributed by atoms with Gasteiger partial charge in [-0.25, -0.2) is 0 Å². The topological polar surface area (TPSA) is 49.9 Å². The molecule has 0 spiro atoms. The molecule has 0 unspecified atom stereocenters. The van der Waals surface area contributed by atoms with Crippen molar-refractivity contribution in [2.75, 3.05) is 26.2 Å². The lowest BCUT2D eigenvalue weighted by atomic mass is 10.0. The molecule has 126 valence electrons. The van der Waals surface area contributed by atoms with E-state index in [1.165, 1.54) is 4.90 Å². The number of amides is 2. The van der Waals surface area contributed by atoms with Gasteiger partial charge in [-0.3, -0.25) is 14.5 Å². The second-order valence-corrected chi connectivity index (χ2v) is 5.88. The van der Waals surface area contributed by atoms with Gasteiger partial charge in [-0.2, -0.15) is 0 Å². The molecule has 2 aliphatic heterocycles. The highest BCUT2D eigenvalue weighted by atomic mass is 16.5. The first-order chi connectivity index (χ1) is 11.7. The van der Waals surface area contributed by atoms with E-state index in [1.54, 1.807) is 6.08 Å². The summed E-state index contributed by atoms with van der Waals surface area (Å²) in [7, 11) is 0. The van der Waals surface area contributed by atoms with Gasteiger partial charge in [0.15, 0.2) is 0 Å². The molecule has 0 atom stereocenters. The van der Waals surface area contributed by atoms with E-state index in [9.17, 15) is 9.59 Å². The number of carbonyl (C=O) groups excluding carboxylic acids is 2. The number of imide groups is 1. The van der Waals surface area contributed by atoms with Crippen molar-refractivity contribution in [1.82, 2.24) is 9.80 Å². The van der Waals surface area contributed by atoms with E-state index in [2.05, 4.69) is 6.58 Å². The van der Waals surface area contributed by atoms with E-state index in [0.29, 0.717) is 17.9 Å². The lowest BCUT2D eigenvalue weighted by molar-refractivity contribution is -0.136. The Balaban J connectivity index is 2.02. The van der Waals surface area contributed by atoms with Gasteiger partial charge < -0.3 is 9.64 Å². The third kappa shape index (κ3) is 2.82. The Hall–Kier alpha value is -2.56. The Bertz CT molecular complexity index is 685. The summed E-state index contributed by atoms with van der Waals surface area (Å²) >= 11 is 0. The Labute approximate surface area is 142 Å². The maximum absolute atomic E-state index is 12.8. The second-order valence-electron chi connectivity index (χ2n) is 5.88. The van der Waals surface area contributed by atoms with E-state index in [4.69, 9.17) is 4.74 Å². The average Bonchev–Trinajstić information content (AvgIpc) is 3.18. The highest BCUT2D eigenvalue weighted by Crippen LogP contribution is 2.33. The van der Waals surface area contributed by atoms with Crippen LogP contribution >= 0.6 is 0 Å². The molecule has 0 aromatic heterocycles. The van der Waals surface area contributed by atoms with Crippen LogP contribution < -0.4 is 4.74 Å². The van der Waals surface area contributed by atoms with Gasteiger partial charge >= 0.3 is 0 Å². The number of hydrogen-bond donors (Lipinski definition) is 0. The smallest absolute Gasteiger partial charge is 0.278 e. The van der Waals surface area contributed by atoms with E-state index < -0.39 is 0 Å². The van der Waals surface area contributed by atoms with Crippen molar-refractivity contribution in [3.05, 3.63) is 48.2 Å². The first-order valence-electron chi connectivity index (χ1n) is 8.37. The molecule has 5 nitrogen and oxygen atoms in total. The summed E-state index contributed by atoms with van der Waals surface area (Å²) in [5.41, 5.74) is 1.78. The van der Waals surface area contributed by atoms with Crippen molar-refractivity contribution in [1.29, 1.82) is 0 Å². The Morgan fingerprint density at radius 1 is 1.12 bits per heavy atom. The molecule has 2 aliphatic rings. The fourth-order valence-corrected chi connectivity index (χ4v) is 3.24. The van der Waals surface area contributed by atoms with Gasteiger partial charge in [0.1, 0.15) is 11.4 Å². The Morgan fingerprint density at radius 2 is 1.79 bits per heavy atom. The van der Waals surface area contributed by atoms with Crippen LogP contribution in [0, 0.1) is 0 Å². The van der Waals surface area contributed by atoms with Crippen molar-refractivity contribution in [3.63, 3.8) is 0 Å². The highest BCUT2D eigenvalue weighted by molar-refractivity contribution is 6.35. The van der Waals surface area contributed by atoms with E-state index in [0.717, 1.165) is 37.2 Å². The molecule has 0 aliphatic carbocycles. The molecule has 0 N–H and O–H groups in total.